The van der Waals surface area contributed by atoms with Crippen LogP contribution in [0.1, 0.15) is 5.56 Å². The minimum Gasteiger partial charge on any atom is -0.321 e. The van der Waals surface area contributed by atoms with Crippen molar-refractivity contribution < 1.29 is 4.79 Å². The smallest absolute Gasteiger partial charge is 0.164 e. The van der Waals surface area contributed by atoms with E-state index in [1.807, 2.05) is 30.3 Å². The molecular weight excluding hydrogens is 186 g/mol. The van der Waals surface area contributed by atoms with Crippen molar-refractivity contribution in [3.63, 3.8) is 0 Å². The number of nitrogens with two attached hydrogens (primary N) is 1. The molecule has 0 heterocycles. The van der Waals surface area contributed by atoms with Crippen LogP contribution in [0.15, 0.2) is 30.3 Å². The summed E-state index contributed by atoms with van der Waals surface area (Å²) in [4.78, 5) is 11.1. The molecule has 1 unspecified atom stereocenters. The zero-order valence-corrected chi connectivity index (χ0v) is 8.00. The molecule has 0 aliphatic heterocycles. The molecule has 0 saturated carbocycles. The largest absolute Gasteiger partial charge is 0.321 e. The molecule has 0 amide bonds. The van der Waals surface area contributed by atoms with E-state index in [4.69, 9.17) is 17.3 Å². The van der Waals surface area contributed by atoms with Gasteiger partial charge < -0.3 is 5.73 Å². The quantitative estimate of drug-likeness (QED) is 0.741. The summed E-state index contributed by atoms with van der Waals surface area (Å²) in [5.41, 5.74) is 6.69. The van der Waals surface area contributed by atoms with Crippen molar-refractivity contribution in [2.75, 3.05) is 5.88 Å². The fourth-order valence-corrected chi connectivity index (χ4v) is 1.28. The number of halogens is 1. The van der Waals surface area contributed by atoms with Crippen molar-refractivity contribution in [3.8, 4) is 0 Å². The number of rotatable bonds is 4. The summed E-state index contributed by atoms with van der Waals surface area (Å²) in [7, 11) is 0. The molecule has 0 radical (unpaired) electrons. The molecule has 0 aromatic heterocycles. The molecule has 2 N–H and O–H groups in total. The van der Waals surface area contributed by atoms with E-state index in [0.29, 0.717) is 6.42 Å². The number of alkyl halides is 1. The molecule has 0 spiro atoms. The Kier molecular flexibility index (Phi) is 3.93. The highest BCUT2D eigenvalue weighted by Gasteiger charge is 2.11. The Morgan fingerprint density at radius 2 is 2.00 bits per heavy atom. The van der Waals surface area contributed by atoms with Crippen molar-refractivity contribution >= 4 is 17.4 Å². The van der Waals surface area contributed by atoms with Crippen molar-refractivity contribution in [3.05, 3.63) is 35.9 Å². The normalized spacial score (nSPS) is 12.5. The van der Waals surface area contributed by atoms with Crippen LogP contribution in [-0.4, -0.2) is 17.7 Å². The predicted octanol–water partition coefficient (Wildman–Crippen LogP) is 1.36. The van der Waals surface area contributed by atoms with E-state index in [-0.39, 0.29) is 11.7 Å². The van der Waals surface area contributed by atoms with E-state index in [0.717, 1.165) is 5.56 Å². The van der Waals surface area contributed by atoms with Gasteiger partial charge in [0.25, 0.3) is 0 Å². The SMILES string of the molecule is NC(Cc1ccccc1)C(=O)CCl. The highest BCUT2D eigenvalue weighted by Crippen LogP contribution is 2.02. The lowest BCUT2D eigenvalue weighted by molar-refractivity contribution is -0.117. The molecule has 3 heteroatoms. The molecular formula is C10H12ClNO. The molecule has 1 rings (SSSR count). The fraction of sp³-hybridized carbons (Fsp3) is 0.300. The van der Waals surface area contributed by atoms with Gasteiger partial charge in [0.15, 0.2) is 5.78 Å². The van der Waals surface area contributed by atoms with Crippen LogP contribution in [0, 0.1) is 0 Å². The van der Waals surface area contributed by atoms with Gasteiger partial charge >= 0.3 is 0 Å². The molecule has 0 fully saturated rings. The van der Waals surface area contributed by atoms with Gasteiger partial charge in [0.2, 0.25) is 0 Å². The summed E-state index contributed by atoms with van der Waals surface area (Å²) in [6, 6.07) is 9.20. The Morgan fingerprint density at radius 3 is 2.54 bits per heavy atom. The van der Waals surface area contributed by atoms with Crippen LogP contribution in [-0.2, 0) is 11.2 Å². The second kappa shape index (κ2) is 5.00. The molecule has 13 heavy (non-hydrogen) atoms. The number of carbonyl (C=O) groups excluding carboxylic acids is 1. The van der Waals surface area contributed by atoms with Gasteiger partial charge in [-0.05, 0) is 12.0 Å². The first-order chi connectivity index (χ1) is 6.24. The summed E-state index contributed by atoms with van der Waals surface area (Å²) in [6.07, 6.45) is 0.562. The lowest BCUT2D eigenvalue weighted by Gasteiger charge is -2.07. The van der Waals surface area contributed by atoms with Crippen LogP contribution in [0.3, 0.4) is 0 Å². The number of hydrogen-bond acceptors (Lipinski definition) is 2. The van der Waals surface area contributed by atoms with Crippen LogP contribution in [0.25, 0.3) is 0 Å². The Bertz CT molecular complexity index is 274. The molecule has 1 aromatic carbocycles. The fourth-order valence-electron chi connectivity index (χ4n) is 1.08. The highest BCUT2D eigenvalue weighted by atomic mass is 35.5. The summed E-state index contributed by atoms with van der Waals surface area (Å²) >= 11 is 5.38. The van der Waals surface area contributed by atoms with Gasteiger partial charge in [-0.3, -0.25) is 4.79 Å². The van der Waals surface area contributed by atoms with E-state index >= 15 is 0 Å². The third-order valence-electron chi connectivity index (χ3n) is 1.84. The zero-order chi connectivity index (χ0) is 9.68. The van der Waals surface area contributed by atoms with Crippen LogP contribution in [0.5, 0.6) is 0 Å². The molecule has 0 aliphatic rings. The summed E-state index contributed by atoms with van der Waals surface area (Å²) in [5, 5.41) is 0. The topological polar surface area (TPSA) is 43.1 Å². The maximum absolute atomic E-state index is 11.1. The molecule has 1 aromatic rings. The Morgan fingerprint density at radius 1 is 1.38 bits per heavy atom. The van der Waals surface area contributed by atoms with Gasteiger partial charge in [-0.15, -0.1) is 11.6 Å². The summed E-state index contributed by atoms with van der Waals surface area (Å²) in [5.74, 6) is -0.112. The maximum Gasteiger partial charge on any atom is 0.164 e. The second-order valence-electron chi connectivity index (χ2n) is 2.90. The highest BCUT2D eigenvalue weighted by molar-refractivity contribution is 6.28. The minimum absolute atomic E-state index is 0.00595. The molecule has 0 saturated heterocycles. The second-order valence-corrected chi connectivity index (χ2v) is 3.16. The molecule has 2 nitrogen and oxygen atoms in total. The van der Waals surface area contributed by atoms with E-state index in [1.54, 1.807) is 0 Å². The van der Waals surface area contributed by atoms with Gasteiger partial charge in [0.1, 0.15) is 0 Å². The average Bonchev–Trinajstić information content (AvgIpc) is 2.18. The standard InChI is InChI=1S/C10H12ClNO/c11-7-10(13)9(12)6-8-4-2-1-3-5-8/h1-5,9H,6-7,12H2. The minimum atomic E-state index is -0.472. The number of carbonyl (C=O) groups is 1. The van der Waals surface area contributed by atoms with Gasteiger partial charge in [0.05, 0.1) is 11.9 Å². The number of hydrogen-bond donors (Lipinski definition) is 1. The van der Waals surface area contributed by atoms with Crippen molar-refractivity contribution in [1.82, 2.24) is 0 Å². The number of Topliss-reactive ketones (excluding diaryl/α,β-unsaturated/α-hetero) is 1. The van der Waals surface area contributed by atoms with Crippen LogP contribution in [0.4, 0.5) is 0 Å². The van der Waals surface area contributed by atoms with Crippen LogP contribution < -0.4 is 5.73 Å². The van der Waals surface area contributed by atoms with E-state index in [9.17, 15) is 4.79 Å². The van der Waals surface area contributed by atoms with Crippen LogP contribution in [0.2, 0.25) is 0 Å². The predicted molar refractivity (Wildman–Crippen MR) is 53.8 cm³/mol. The first-order valence-electron chi connectivity index (χ1n) is 4.12. The van der Waals surface area contributed by atoms with Crippen molar-refractivity contribution in [2.24, 2.45) is 5.73 Å². The van der Waals surface area contributed by atoms with E-state index in [2.05, 4.69) is 0 Å². The van der Waals surface area contributed by atoms with Gasteiger partial charge in [-0.1, -0.05) is 30.3 Å². The average molecular weight is 198 g/mol. The molecule has 1 atom stereocenters. The van der Waals surface area contributed by atoms with Gasteiger partial charge in [-0.25, -0.2) is 0 Å². The first-order valence-corrected chi connectivity index (χ1v) is 4.65. The molecule has 0 bridgehead atoms. The van der Waals surface area contributed by atoms with Crippen molar-refractivity contribution in [1.29, 1.82) is 0 Å². The van der Waals surface area contributed by atoms with E-state index < -0.39 is 6.04 Å². The monoisotopic (exact) mass is 197 g/mol. The molecule has 0 aliphatic carbocycles. The Hall–Kier alpha value is -0.860. The van der Waals surface area contributed by atoms with Crippen LogP contribution >= 0.6 is 11.6 Å². The lowest BCUT2D eigenvalue weighted by Crippen LogP contribution is -2.33. The molecule has 70 valence electrons. The summed E-state index contributed by atoms with van der Waals surface area (Å²) in [6.45, 7) is 0. The lowest BCUT2D eigenvalue weighted by atomic mass is 10.0. The first kappa shape index (κ1) is 10.2. The third-order valence-corrected chi connectivity index (χ3v) is 2.11. The Labute approximate surface area is 82.7 Å². The van der Waals surface area contributed by atoms with E-state index in [1.165, 1.54) is 0 Å². The number of ketones is 1. The third kappa shape index (κ3) is 3.17. The Balaban J connectivity index is 2.55. The van der Waals surface area contributed by atoms with Gasteiger partial charge in [-0.2, -0.15) is 0 Å². The number of benzene rings is 1. The maximum atomic E-state index is 11.1. The zero-order valence-electron chi connectivity index (χ0n) is 7.24. The summed E-state index contributed by atoms with van der Waals surface area (Å²) < 4.78 is 0. The van der Waals surface area contributed by atoms with Gasteiger partial charge in [0, 0.05) is 0 Å². The van der Waals surface area contributed by atoms with Crippen molar-refractivity contribution in [2.45, 2.75) is 12.5 Å².